The van der Waals surface area contributed by atoms with E-state index in [0.29, 0.717) is 31.3 Å². The van der Waals surface area contributed by atoms with Gasteiger partial charge in [-0.1, -0.05) is 76.6 Å². The summed E-state index contributed by atoms with van der Waals surface area (Å²) in [6, 6.07) is 28.7. The minimum Gasteiger partial charge on any atom is -0.486 e. The SMILES string of the molecule is CCNC(=O)[C@H](Cc1ccccc1)N(Cc1cccc(Br)c1)C(=O)CN(c1ccc2c(c1)OCCO2)S(=O)(=O)c1ccccc1. The highest BCUT2D eigenvalue weighted by atomic mass is 79.9. The lowest BCUT2D eigenvalue weighted by atomic mass is 10.0. The molecule has 0 saturated heterocycles. The molecule has 0 spiro atoms. The molecule has 4 aromatic carbocycles. The van der Waals surface area contributed by atoms with Gasteiger partial charge in [-0.3, -0.25) is 13.9 Å². The summed E-state index contributed by atoms with van der Waals surface area (Å²) in [5, 5.41) is 2.87. The predicted octanol–water partition coefficient (Wildman–Crippen LogP) is 5.19. The summed E-state index contributed by atoms with van der Waals surface area (Å²) in [5.41, 5.74) is 1.87. The number of amides is 2. The molecular formula is C34H34BrN3O6S. The third-order valence-electron chi connectivity index (χ3n) is 7.29. The van der Waals surface area contributed by atoms with Crippen LogP contribution in [-0.4, -0.2) is 57.5 Å². The van der Waals surface area contributed by atoms with Crippen LogP contribution in [0, 0.1) is 0 Å². The van der Waals surface area contributed by atoms with Gasteiger partial charge in [-0.05, 0) is 54.4 Å². The molecule has 5 rings (SSSR count). The van der Waals surface area contributed by atoms with Crippen molar-refractivity contribution in [3.05, 3.63) is 119 Å². The monoisotopic (exact) mass is 691 g/mol. The van der Waals surface area contributed by atoms with Gasteiger partial charge in [0.05, 0.1) is 10.6 Å². The zero-order chi connectivity index (χ0) is 31.8. The van der Waals surface area contributed by atoms with E-state index in [0.717, 1.165) is 19.9 Å². The number of halogens is 1. The number of nitrogens with zero attached hydrogens (tertiary/aromatic N) is 2. The van der Waals surface area contributed by atoms with Crippen LogP contribution in [0.5, 0.6) is 11.5 Å². The second kappa shape index (κ2) is 14.6. The average molecular weight is 693 g/mol. The van der Waals surface area contributed by atoms with E-state index >= 15 is 0 Å². The minimum absolute atomic E-state index is 0.0239. The number of hydrogen-bond acceptors (Lipinski definition) is 6. The Labute approximate surface area is 271 Å². The topological polar surface area (TPSA) is 105 Å². The molecule has 0 unspecified atom stereocenters. The fourth-order valence-corrected chi connectivity index (χ4v) is 6.99. The molecule has 1 N–H and O–H groups in total. The summed E-state index contributed by atoms with van der Waals surface area (Å²) in [7, 11) is -4.22. The standard InChI is InChI=1S/C34H34BrN3O6S/c1-2-36-34(40)30(21-25-10-5-3-6-11-25)37(23-26-12-9-13-27(35)20-26)33(39)24-38(45(41,42)29-14-7-4-8-15-29)28-16-17-31-32(22-28)44-19-18-43-31/h3-17,20,22,30H,2,18-19,21,23-24H2,1H3,(H,36,40)/t30-/m0/s1. The molecule has 0 bridgehead atoms. The summed E-state index contributed by atoms with van der Waals surface area (Å²) < 4.78 is 41.6. The van der Waals surface area contributed by atoms with Crippen LogP contribution in [0.25, 0.3) is 0 Å². The third kappa shape index (κ3) is 7.84. The van der Waals surface area contributed by atoms with E-state index in [1.54, 1.807) is 36.4 Å². The molecule has 11 heteroatoms. The highest BCUT2D eigenvalue weighted by Gasteiger charge is 2.35. The molecule has 4 aromatic rings. The van der Waals surface area contributed by atoms with Gasteiger partial charge >= 0.3 is 0 Å². The van der Waals surface area contributed by atoms with Gasteiger partial charge in [-0.25, -0.2) is 8.42 Å². The molecule has 0 aliphatic carbocycles. The Kier molecular flexibility index (Phi) is 10.4. The van der Waals surface area contributed by atoms with E-state index < -0.39 is 28.5 Å². The van der Waals surface area contributed by atoms with E-state index in [2.05, 4.69) is 21.2 Å². The maximum atomic E-state index is 14.5. The number of fused-ring (bicyclic) bond motifs is 1. The maximum Gasteiger partial charge on any atom is 0.264 e. The summed E-state index contributed by atoms with van der Waals surface area (Å²) in [6.07, 6.45) is 0.238. The van der Waals surface area contributed by atoms with E-state index in [1.807, 2.05) is 61.5 Å². The van der Waals surface area contributed by atoms with Crippen molar-refractivity contribution >= 4 is 43.5 Å². The number of ether oxygens (including phenoxy) is 2. The zero-order valence-corrected chi connectivity index (χ0v) is 27.2. The number of nitrogens with one attached hydrogen (secondary N) is 1. The molecule has 0 radical (unpaired) electrons. The number of anilines is 1. The third-order valence-corrected chi connectivity index (χ3v) is 9.57. The first-order valence-corrected chi connectivity index (χ1v) is 16.8. The molecule has 0 fully saturated rings. The Bertz CT molecular complexity index is 1740. The van der Waals surface area contributed by atoms with E-state index in [-0.39, 0.29) is 29.5 Å². The molecule has 45 heavy (non-hydrogen) atoms. The lowest BCUT2D eigenvalue weighted by Crippen LogP contribution is -2.53. The van der Waals surface area contributed by atoms with Crippen molar-refractivity contribution in [1.29, 1.82) is 0 Å². The smallest absolute Gasteiger partial charge is 0.264 e. The van der Waals surface area contributed by atoms with Gasteiger partial charge in [0, 0.05) is 30.0 Å². The number of carbonyl (C=O) groups excluding carboxylic acids is 2. The maximum absolute atomic E-state index is 14.5. The first kappa shape index (κ1) is 32.1. The molecule has 9 nitrogen and oxygen atoms in total. The Balaban J connectivity index is 1.58. The minimum atomic E-state index is -4.22. The Hall–Kier alpha value is -4.35. The van der Waals surface area contributed by atoms with Crippen molar-refractivity contribution in [3.63, 3.8) is 0 Å². The summed E-state index contributed by atoms with van der Waals surface area (Å²) in [4.78, 5) is 29.6. The first-order chi connectivity index (χ1) is 21.8. The molecule has 2 amide bonds. The summed E-state index contributed by atoms with van der Waals surface area (Å²) in [5.74, 6) is -0.00314. The predicted molar refractivity (Wildman–Crippen MR) is 176 cm³/mol. The lowest BCUT2D eigenvalue weighted by molar-refractivity contribution is -0.140. The van der Waals surface area contributed by atoms with Gasteiger partial charge in [-0.2, -0.15) is 0 Å². The van der Waals surface area contributed by atoms with Crippen molar-refractivity contribution in [2.75, 3.05) is 30.6 Å². The highest BCUT2D eigenvalue weighted by Crippen LogP contribution is 2.36. The number of hydrogen-bond donors (Lipinski definition) is 1. The Morgan fingerprint density at radius 1 is 0.844 bits per heavy atom. The van der Waals surface area contributed by atoms with Crippen LogP contribution in [0.15, 0.2) is 112 Å². The van der Waals surface area contributed by atoms with Crippen LogP contribution in [0.3, 0.4) is 0 Å². The highest BCUT2D eigenvalue weighted by molar-refractivity contribution is 9.10. The van der Waals surface area contributed by atoms with Crippen molar-refractivity contribution in [3.8, 4) is 11.5 Å². The fourth-order valence-electron chi connectivity index (χ4n) is 5.11. The van der Waals surface area contributed by atoms with Gasteiger partial charge < -0.3 is 19.7 Å². The van der Waals surface area contributed by atoms with Gasteiger partial charge in [0.1, 0.15) is 25.8 Å². The van der Waals surface area contributed by atoms with Crippen LogP contribution >= 0.6 is 15.9 Å². The number of benzene rings is 4. The van der Waals surface area contributed by atoms with E-state index in [1.165, 1.54) is 17.0 Å². The molecule has 1 heterocycles. The summed E-state index contributed by atoms with van der Waals surface area (Å²) in [6.45, 7) is 2.39. The van der Waals surface area contributed by atoms with Gasteiger partial charge in [-0.15, -0.1) is 0 Å². The molecule has 1 atom stereocenters. The van der Waals surface area contributed by atoms with Crippen molar-refractivity contribution in [2.45, 2.75) is 30.8 Å². The first-order valence-electron chi connectivity index (χ1n) is 14.6. The molecule has 0 aromatic heterocycles. The van der Waals surface area contributed by atoms with Crippen LogP contribution in [0.2, 0.25) is 0 Å². The quantitative estimate of drug-likeness (QED) is 0.219. The Morgan fingerprint density at radius 2 is 1.51 bits per heavy atom. The molecule has 1 aliphatic heterocycles. The van der Waals surface area contributed by atoms with E-state index in [9.17, 15) is 18.0 Å². The van der Waals surface area contributed by atoms with Crippen molar-refractivity contribution in [1.82, 2.24) is 10.2 Å². The van der Waals surface area contributed by atoms with Crippen LogP contribution in [0.1, 0.15) is 18.1 Å². The van der Waals surface area contributed by atoms with E-state index in [4.69, 9.17) is 9.47 Å². The van der Waals surface area contributed by atoms with Crippen molar-refractivity contribution in [2.24, 2.45) is 0 Å². The molecular weight excluding hydrogens is 658 g/mol. The van der Waals surface area contributed by atoms with Crippen LogP contribution < -0.4 is 19.1 Å². The second-order valence-electron chi connectivity index (χ2n) is 10.4. The van der Waals surface area contributed by atoms with Crippen LogP contribution in [-0.2, 0) is 32.6 Å². The molecule has 0 saturated carbocycles. The zero-order valence-electron chi connectivity index (χ0n) is 24.8. The second-order valence-corrected chi connectivity index (χ2v) is 13.2. The van der Waals surface area contributed by atoms with Gasteiger partial charge in [0.15, 0.2) is 11.5 Å². The lowest BCUT2D eigenvalue weighted by Gasteiger charge is -2.34. The Morgan fingerprint density at radius 3 is 2.20 bits per heavy atom. The average Bonchev–Trinajstić information content (AvgIpc) is 3.06. The van der Waals surface area contributed by atoms with Crippen LogP contribution in [0.4, 0.5) is 5.69 Å². The van der Waals surface area contributed by atoms with Gasteiger partial charge in [0.25, 0.3) is 10.0 Å². The fraction of sp³-hybridized carbons (Fsp3) is 0.235. The summed E-state index contributed by atoms with van der Waals surface area (Å²) >= 11 is 3.49. The van der Waals surface area contributed by atoms with Gasteiger partial charge in [0.2, 0.25) is 11.8 Å². The number of rotatable bonds is 12. The number of sulfonamides is 1. The number of carbonyl (C=O) groups is 2. The number of likely N-dealkylation sites (N-methyl/N-ethyl adjacent to an activating group) is 1. The molecule has 1 aliphatic rings. The largest absolute Gasteiger partial charge is 0.486 e. The molecule has 234 valence electrons. The normalized spacial score (nSPS) is 13.0. The van der Waals surface area contributed by atoms with Crippen molar-refractivity contribution < 1.29 is 27.5 Å².